The van der Waals surface area contributed by atoms with Crippen LogP contribution in [-0.2, 0) is 6.42 Å². The lowest BCUT2D eigenvalue weighted by Crippen LogP contribution is -2.24. The van der Waals surface area contributed by atoms with Crippen LogP contribution in [-0.4, -0.2) is 34.7 Å². The van der Waals surface area contributed by atoms with Gasteiger partial charge < -0.3 is 9.84 Å². The number of hydrogen-bond donors (Lipinski definition) is 1. The summed E-state index contributed by atoms with van der Waals surface area (Å²) in [5.74, 6) is 3.84. The third-order valence-corrected chi connectivity index (χ3v) is 6.61. The van der Waals surface area contributed by atoms with E-state index in [1.165, 1.54) is 17.1 Å². The average molecular weight is 358 g/mol. The van der Waals surface area contributed by atoms with Crippen LogP contribution in [0.3, 0.4) is 0 Å². The number of halogens is 1. The maximum absolute atomic E-state index is 5.36. The van der Waals surface area contributed by atoms with Gasteiger partial charge in [-0.3, -0.25) is 0 Å². The molecule has 0 bridgehead atoms. The molecular formula is C15H20ClN3OS2. The van der Waals surface area contributed by atoms with Crippen molar-refractivity contribution in [3.8, 4) is 11.5 Å². The quantitative estimate of drug-likeness (QED) is 0.878. The standard InChI is InChI=1S/C15H19N3OS2.ClH/c1-10(16-2)9-13-17-14(19-18-13)11-3-5-12(6-4-11)15-20-7-8-21-15;/h3-6,10,15-16H,7-9H2,1-2H3;1H. The second-order valence-electron chi connectivity index (χ2n) is 5.11. The maximum Gasteiger partial charge on any atom is 0.257 e. The van der Waals surface area contributed by atoms with Gasteiger partial charge in [-0.2, -0.15) is 4.98 Å². The zero-order valence-electron chi connectivity index (χ0n) is 12.6. The van der Waals surface area contributed by atoms with Gasteiger partial charge in [-0.15, -0.1) is 35.9 Å². The minimum Gasteiger partial charge on any atom is -0.334 e. The second kappa shape index (κ2) is 8.24. The first-order valence-corrected chi connectivity index (χ1v) is 9.19. The van der Waals surface area contributed by atoms with Crippen LogP contribution in [0.2, 0.25) is 0 Å². The van der Waals surface area contributed by atoms with E-state index in [0.29, 0.717) is 16.5 Å². The Balaban J connectivity index is 0.00000176. The highest BCUT2D eigenvalue weighted by molar-refractivity contribution is 8.19. The van der Waals surface area contributed by atoms with Crippen LogP contribution < -0.4 is 5.32 Å². The van der Waals surface area contributed by atoms with E-state index in [2.05, 4.69) is 46.6 Å². The molecule has 1 aliphatic rings. The molecule has 1 unspecified atom stereocenters. The van der Waals surface area contributed by atoms with Crippen molar-refractivity contribution >= 4 is 35.9 Å². The fraction of sp³-hybridized carbons (Fsp3) is 0.467. The summed E-state index contributed by atoms with van der Waals surface area (Å²) in [4.78, 5) is 4.47. The van der Waals surface area contributed by atoms with E-state index in [1.807, 2.05) is 30.6 Å². The summed E-state index contributed by atoms with van der Waals surface area (Å²) >= 11 is 4.03. The summed E-state index contributed by atoms with van der Waals surface area (Å²) < 4.78 is 5.94. The third-order valence-electron chi connectivity index (χ3n) is 3.50. The molecule has 0 saturated carbocycles. The minimum atomic E-state index is 0. The first-order valence-electron chi connectivity index (χ1n) is 7.09. The van der Waals surface area contributed by atoms with E-state index in [4.69, 9.17) is 4.52 Å². The van der Waals surface area contributed by atoms with Crippen LogP contribution in [0.4, 0.5) is 0 Å². The molecule has 1 aromatic heterocycles. The van der Waals surface area contributed by atoms with Crippen molar-refractivity contribution in [3.63, 3.8) is 0 Å². The first-order chi connectivity index (χ1) is 10.3. The highest BCUT2D eigenvalue weighted by Crippen LogP contribution is 2.45. The molecule has 1 fully saturated rings. The smallest absolute Gasteiger partial charge is 0.257 e. The Hall–Kier alpha value is -0.690. The molecule has 3 rings (SSSR count). The Labute approximate surface area is 145 Å². The van der Waals surface area contributed by atoms with Gasteiger partial charge in [-0.25, -0.2) is 0 Å². The molecule has 0 radical (unpaired) electrons. The highest BCUT2D eigenvalue weighted by Gasteiger charge is 2.18. The third kappa shape index (κ3) is 4.19. The molecule has 2 heterocycles. The van der Waals surface area contributed by atoms with E-state index in [-0.39, 0.29) is 12.4 Å². The number of likely N-dealkylation sites (N-methyl/N-ethyl adjacent to an activating group) is 1. The number of nitrogens with zero attached hydrogens (tertiary/aromatic N) is 2. The summed E-state index contributed by atoms with van der Waals surface area (Å²) in [6, 6.07) is 8.84. The van der Waals surface area contributed by atoms with Crippen molar-refractivity contribution < 1.29 is 4.52 Å². The molecule has 1 N–H and O–H groups in total. The summed E-state index contributed by atoms with van der Waals surface area (Å²) in [5.41, 5.74) is 2.36. The Bertz CT molecular complexity index is 585. The number of rotatable bonds is 5. The van der Waals surface area contributed by atoms with Gasteiger partial charge in [-0.05, 0) is 31.7 Å². The number of thioether (sulfide) groups is 2. The molecule has 22 heavy (non-hydrogen) atoms. The highest BCUT2D eigenvalue weighted by atomic mass is 35.5. The van der Waals surface area contributed by atoms with Crippen LogP contribution in [0.5, 0.6) is 0 Å². The molecule has 0 spiro atoms. The van der Waals surface area contributed by atoms with Crippen LogP contribution in [0.15, 0.2) is 28.8 Å². The van der Waals surface area contributed by atoms with Gasteiger partial charge in [0.25, 0.3) is 5.89 Å². The van der Waals surface area contributed by atoms with E-state index in [9.17, 15) is 0 Å². The predicted molar refractivity (Wildman–Crippen MR) is 96.9 cm³/mol. The lowest BCUT2D eigenvalue weighted by atomic mass is 10.1. The van der Waals surface area contributed by atoms with Gasteiger partial charge in [0.05, 0.1) is 4.58 Å². The zero-order valence-corrected chi connectivity index (χ0v) is 15.1. The fourth-order valence-corrected chi connectivity index (χ4v) is 5.02. The molecule has 4 nitrogen and oxygen atoms in total. The second-order valence-corrected chi connectivity index (χ2v) is 7.83. The van der Waals surface area contributed by atoms with Crippen LogP contribution in [0.25, 0.3) is 11.5 Å². The van der Waals surface area contributed by atoms with Gasteiger partial charge in [0.2, 0.25) is 0 Å². The van der Waals surface area contributed by atoms with Crippen molar-refractivity contribution in [2.24, 2.45) is 0 Å². The molecule has 0 amide bonds. The van der Waals surface area contributed by atoms with Crippen LogP contribution in [0, 0.1) is 0 Å². The Morgan fingerprint density at radius 2 is 1.95 bits per heavy atom. The van der Waals surface area contributed by atoms with E-state index < -0.39 is 0 Å². The molecular weight excluding hydrogens is 338 g/mol. The Kier molecular flexibility index (Phi) is 6.62. The van der Waals surface area contributed by atoms with Crippen molar-refractivity contribution in [1.29, 1.82) is 0 Å². The summed E-state index contributed by atoms with van der Waals surface area (Å²) in [7, 11) is 1.93. The summed E-state index contributed by atoms with van der Waals surface area (Å²) in [6.07, 6.45) is 0.771. The summed E-state index contributed by atoms with van der Waals surface area (Å²) in [6.45, 7) is 2.10. The monoisotopic (exact) mass is 357 g/mol. The van der Waals surface area contributed by atoms with Gasteiger partial charge in [-0.1, -0.05) is 17.3 Å². The molecule has 120 valence electrons. The Morgan fingerprint density at radius 3 is 2.59 bits per heavy atom. The molecule has 1 atom stereocenters. The first kappa shape index (κ1) is 17.7. The van der Waals surface area contributed by atoms with Crippen LogP contribution in [0.1, 0.15) is 22.9 Å². The minimum absolute atomic E-state index is 0. The number of aromatic nitrogens is 2. The number of nitrogens with one attached hydrogen (secondary N) is 1. The molecule has 0 aliphatic carbocycles. The summed E-state index contributed by atoms with van der Waals surface area (Å²) in [5, 5.41) is 7.22. The Morgan fingerprint density at radius 1 is 1.27 bits per heavy atom. The maximum atomic E-state index is 5.36. The van der Waals surface area contributed by atoms with Crippen molar-refractivity contribution in [1.82, 2.24) is 15.5 Å². The number of hydrogen-bond acceptors (Lipinski definition) is 6. The largest absolute Gasteiger partial charge is 0.334 e. The van der Waals surface area contributed by atoms with Gasteiger partial charge in [0, 0.05) is 29.5 Å². The molecule has 2 aromatic rings. The lowest BCUT2D eigenvalue weighted by molar-refractivity contribution is 0.418. The van der Waals surface area contributed by atoms with Crippen molar-refractivity contribution in [3.05, 3.63) is 35.7 Å². The number of benzene rings is 1. The molecule has 1 aliphatic heterocycles. The molecule has 7 heteroatoms. The fourth-order valence-electron chi connectivity index (χ4n) is 2.16. The lowest BCUT2D eigenvalue weighted by Gasteiger charge is -2.07. The van der Waals surface area contributed by atoms with Gasteiger partial charge in [0.15, 0.2) is 5.82 Å². The van der Waals surface area contributed by atoms with E-state index in [1.54, 1.807) is 0 Å². The van der Waals surface area contributed by atoms with Gasteiger partial charge in [0.1, 0.15) is 0 Å². The predicted octanol–water partition coefficient (Wildman–Crippen LogP) is 3.79. The average Bonchev–Trinajstić information content (AvgIpc) is 3.19. The van der Waals surface area contributed by atoms with Crippen molar-refractivity contribution in [2.75, 3.05) is 18.6 Å². The molecule has 1 aromatic carbocycles. The topological polar surface area (TPSA) is 51.0 Å². The van der Waals surface area contributed by atoms with E-state index >= 15 is 0 Å². The normalized spacial score (nSPS) is 16.5. The van der Waals surface area contributed by atoms with Crippen LogP contribution >= 0.6 is 35.9 Å². The zero-order chi connectivity index (χ0) is 14.7. The molecule has 1 saturated heterocycles. The SMILES string of the molecule is CNC(C)Cc1noc(-c2ccc(C3SCCS3)cc2)n1.Cl. The van der Waals surface area contributed by atoms with E-state index in [0.717, 1.165) is 17.8 Å². The van der Waals surface area contributed by atoms with Gasteiger partial charge >= 0.3 is 0 Å². The van der Waals surface area contributed by atoms with Crippen molar-refractivity contribution in [2.45, 2.75) is 24.0 Å².